The molecule has 1 aromatic heterocycles. The highest BCUT2D eigenvalue weighted by Gasteiger charge is 2.20. The molecule has 0 fully saturated rings. The number of fused-ring (bicyclic) bond motifs is 1. The van der Waals surface area contributed by atoms with Gasteiger partial charge >= 0.3 is 0 Å². The summed E-state index contributed by atoms with van der Waals surface area (Å²) in [5, 5.41) is 0. The van der Waals surface area contributed by atoms with Crippen molar-refractivity contribution in [1.29, 1.82) is 0 Å². The van der Waals surface area contributed by atoms with Crippen LogP contribution in [0.3, 0.4) is 0 Å². The summed E-state index contributed by atoms with van der Waals surface area (Å²) in [4.78, 5) is 12.9. The summed E-state index contributed by atoms with van der Waals surface area (Å²) < 4.78 is 31.7. The Morgan fingerprint density at radius 2 is 1.80 bits per heavy atom. The summed E-state index contributed by atoms with van der Waals surface area (Å²) in [5.41, 5.74) is 1.86. The zero-order chi connectivity index (χ0) is 17.4. The molecule has 1 aliphatic rings. The average Bonchev–Trinajstić information content (AvgIpc) is 3.31. The van der Waals surface area contributed by atoms with Crippen molar-refractivity contribution < 1.29 is 17.9 Å². The molecule has 0 atom stereocenters. The Morgan fingerprint density at radius 3 is 2.60 bits per heavy atom. The predicted molar refractivity (Wildman–Crippen MR) is 92.5 cm³/mol. The van der Waals surface area contributed by atoms with Crippen LogP contribution in [0.15, 0.2) is 71.9 Å². The molecule has 126 valence electrons. The molecule has 2 aromatic carbocycles. The van der Waals surface area contributed by atoms with Gasteiger partial charge in [0.2, 0.25) is 0 Å². The molecule has 25 heavy (non-hydrogen) atoms. The van der Waals surface area contributed by atoms with Crippen LogP contribution in [0.4, 0.5) is 0 Å². The van der Waals surface area contributed by atoms with Crippen LogP contribution in [-0.2, 0) is 16.4 Å². The van der Waals surface area contributed by atoms with Gasteiger partial charge in [0.15, 0.2) is 5.78 Å². The second kappa shape index (κ2) is 5.89. The molecule has 0 bridgehead atoms. The van der Waals surface area contributed by atoms with Gasteiger partial charge in [-0.25, -0.2) is 12.4 Å². The van der Waals surface area contributed by atoms with Gasteiger partial charge in [0.25, 0.3) is 10.0 Å². The van der Waals surface area contributed by atoms with Crippen LogP contribution >= 0.6 is 0 Å². The number of nitrogens with zero attached hydrogens (tertiary/aromatic N) is 1. The second-order valence-corrected chi connectivity index (χ2v) is 7.64. The largest absolute Gasteiger partial charge is 0.493 e. The molecule has 0 radical (unpaired) electrons. The first-order valence-corrected chi connectivity index (χ1v) is 9.29. The number of benzene rings is 2. The van der Waals surface area contributed by atoms with Gasteiger partial charge in [0.05, 0.1) is 11.5 Å². The first-order valence-electron chi connectivity index (χ1n) is 7.85. The molecule has 5 nitrogen and oxygen atoms in total. The van der Waals surface area contributed by atoms with Crippen LogP contribution in [0.25, 0.3) is 0 Å². The summed E-state index contributed by atoms with van der Waals surface area (Å²) in [6.45, 7) is 0.624. The Hall–Kier alpha value is -2.86. The molecule has 0 N–H and O–H groups in total. The number of hydrogen-bond acceptors (Lipinski definition) is 4. The highest BCUT2D eigenvalue weighted by atomic mass is 32.2. The van der Waals surface area contributed by atoms with Gasteiger partial charge in [-0.2, -0.15) is 0 Å². The maximum Gasteiger partial charge on any atom is 0.267 e. The average molecular weight is 353 g/mol. The molecule has 0 saturated carbocycles. The predicted octanol–water partition coefficient (Wildman–Crippen LogP) is 2.89. The van der Waals surface area contributed by atoms with Crippen molar-refractivity contribution in [3.8, 4) is 5.75 Å². The van der Waals surface area contributed by atoms with E-state index >= 15 is 0 Å². The normalized spacial score (nSPS) is 13.3. The SMILES string of the molecule is O=C(c1ccc2c(c1)CCO2)c1ccn(S(=O)(=O)c2ccccc2)c1. The highest BCUT2D eigenvalue weighted by Crippen LogP contribution is 2.27. The fraction of sp³-hybridized carbons (Fsp3) is 0.105. The molecule has 0 spiro atoms. The van der Waals surface area contributed by atoms with Gasteiger partial charge in [0, 0.05) is 29.9 Å². The summed E-state index contributed by atoms with van der Waals surface area (Å²) in [5.74, 6) is 0.595. The van der Waals surface area contributed by atoms with E-state index in [4.69, 9.17) is 4.74 Å². The number of aromatic nitrogens is 1. The quantitative estimate of drug-likeness (QED) is 0.677. The van der Waals surface area contributed by atoms with Crippen LogP contribution in [0.1, 0.15) is 21.5 Å². The lowest BCUT2D eigenvalue weighted by atomic mass is 10.0. The van der Waals surface area contributed by atoms with Crippen molar-refractivity contribution in [3.63, 3.8) is 0 Å². The third kappa shape index (κ3) is 2.74. The third-order valence-electron chi connectivity index (χ3n) is 4.20. The third-order valence-corrected chi connectivity index (χ3v) is 5.85. The van der Waals surface area contributed by atoms with E-state index in [2.05, 4.69) is 0 Å². The van der Waals surface area contributed by atoms with Crippen LogP contribution in [0.2, 0.25) is 0 Å². The smallest absolute Gasteiger partial charge is 0.267 e. The maximum atomic E-state index is 12.7. The molecule has 0 saturated heterocycles. The molecule has 4 rings (SSSR count). The van der Waals surface area contributed by atoms with Crippen molar-refractivity contribution in [3.05, 3.63) is 83.7 Å². The summed E-state index contributed by atoms with van der Waals surface area (Å²) >= 11 is 0. The number of ketones is 1. The number of ether oxygens (including phenoxy) is 1. The Labute approximate surface area is 145 Å². The van der Waals surface area contributed by atoms with E-state index < -0.39 is 10.0 Å². The summed E-state index contributed by atoms with van der Waals surface area (Å²) in [7, 11) is -3.70. The summed E-state index contributed by atoms with van der Waals surface area (Å²) in [6, 6.07) is 14.9. The molecule has 1 aliphatic heterocycles. The van der Waals surface area contributed by atoms with Gasteiger partial charge in [-0.1, -0.05) is 18.2 Å². The van der Waals surface area contributed by atoms with Crippen LogP contribution in [-0.4, -0.2) is 24.8 Å². The zero-order valence-corrected chi connectivity index (χ0v) is 14.1. The van der Waals surface area contributed by atoms with E-state index in [9.17, 15) is 13.2 Å². The Balaban J connectivity index is 1.66. The fourth-order valence-electron chi connectivity index (χ4n) is 2.87. The van der Waals surface area contributed by atoms with E-state index in [0.717, 1.165) is 21.7 Å². The Kier molecular flexibility index (Phi) is 3.69. The number of rotatable bonds is 4. The second-order valence-electron chi connectivity index (χ2n) is 5.80. The van der Waals surface area contributed by atoms with Crippen molar-refractivity contribution in [2.75, 3.05) is 6.61 Å². The minimum absolute atomic E-state index is 0.180. The molecule has 3 aromatic rings. The molecule has 0 unspecified atom stereocenters. The maximum absolute atomic E-state index is 12.7. The van der Waals surface area contributed by atoms with Crippen LogP contribution in [0, 0.1) is 0 Å². The van der Waals surface area contributed by atoms with E-state index in [0.29, 0.717) is 17.7 Å². The first kappa shape index (κ1) is 15.7. The van der Waals surface area contributed by atoms with Crippen molar-refractivity contribution in [2.24, 2.45) is 0 Å². The highest BCUT2D eigenvalue weighted by molar-refractivity contribution is 7.90. The molecular weight excluding hydrogens is 338 g/mol. The standard InChI is InChI=1S/C19H15NO4S/c21-19(15-6-7-18-14(12-15)9-11-24-18)16-8-10-20(13-16)25(22,23)17-4-2-1-3-5-17/h1-8,10,12-13H,9,11H2. The minimum atomic E-state index is -3.70. The van der Waals surface area contributed by atoms with Gasteiger partial charge in [-0.15, -0.1) is 0 Å². The van der Waals surface area contributed by atoms with Crippen LogP contribution in [0.5, 0.6) is 5.75 Å². The fourth-order valence-corrected chi connectivity index (χ4v) is 4.09. The van der Waals surface area contributed by atoms with E-state index in [-0.39, 0.29) is 10.7 Å². The van der Waals surface area contributed by atoms with Crippen molar-refractivity contribution in [1.82, 2.24) is 3.97 Å². The van der Waals surface area contributed by atoms with Gasteiger partial charge in [-0.05, 0) is 42.0 Å². The minimum Gasteiger partial charge on any atom is -0.493 e. The van der Waals surface area contributed by atoms with E-state index in [1.54, 1.807) is 30.3 Å². The lowest BCUT2D eigenvalue weighted by molar-refractivity contribution is 0.103. The van der Waals surface area contributed by atoms with Gasteiger partial charge in [-0.3, -0.25) is 4.79 Å². The van der Waals surface area contributed by atoms with Crippen molar-refractivity contribution in [2.45, 2.75) is 11.3 Å². The molecule has 0 amide bonds. The number of hydrogen-bond donors (Lipinski definition) is 0. The van der Waals surface area contributed by atoms with E-state index in [1.165, 1.54) is 30.6 Å². The zero-order valence-electron chi connectivity index (χ0n) is 13.3. The summed E-state index contributed by atoms with van der Waals surface area (Å²) in [6.07, 6.45) is 3.53. The monoisotopic (exact) mass is 353 g/mol. The molecule has 6 heteroatoms. The number of carbonyl (C=O) groups excluding carboxylic acids is 1. The van der Waals surface area contributed by atoms with E-state index in [1.807, 2.05) is 6.07 Å². The first-order chi connectivity index (χ1) is 12.1. The lowest BCUT2D eigenvalue weighted by Crippen LogP contribution is -2.11. The topological polar surface area (TPSA) is 65.4 Å². The van der Waals surface area contributed by atoms with Crippen LogP contribution < -0.4 is 4.74 Å². The Bertz CT molecular complexity index is 1050. The number of carbonyl (C=O) groups is 1. The molecule has 2 heterocycles. The van der Waals surface area contributed by atoms with Crippen molar-refractivity contribution >= 4 is 15.8 Å². The molecule has 0 aliphatic carbocycles. The molecular formula is C19H15NO4S. The van der Waals surface area contributed by atoms with Gasteiger partial charge < -0.3 is 4.74 Å². The van der Waals surface area contributed by atoms with Gasteiger partial charge in [0.1, 0.15) is 5.75 Å². The lowest BCUT2D eigenvalue weighted by Gasteiger charge is -2.05. The Morgan fingerprint density at radius 1 is 1.00 bits per heavy atom.